The highest BCUT2D eigenvalue weighted by atomic mass is 28.4. The molecule has 0 heterocycles. The van der Waals surface area contributed by atoms with E-state index < -0.39 is 14.9 Å². The summed E-state index contributed by atoms with van der Waals surface area (Å²) < 4.78 is 26.3. The largest absolute Gasteiger partial charge is 0.520 e. The predicted octanol–water partition coefficient (Wildman–Crippen LogP) is 1.56. The summed E-state index contributed by atoms with van der Waals surface area (Å²) in [5, 5.41) is 2.61. The van der Waals surface area contributed by atoms with Gasteiger partial charge in [0.2, 0.25) is 0 Å². The summed E-state index contributed by atoms with van der Waals surface area (Å²) in [5.74, 6) is -0.378. The van der Waals surface area contributed by atoms with Crippen LogP contribution in [0.25, 0.3) is 0 Å². The van der Waals surface area contributed by atoms with Crippen molar-refractivity contribution in [2.75, 3.05) is 27.5 Å². The van der Waals surface area contributed by atoms with Crippen molar-refractivity contribution in [3.8, 4) is 0 Å². The summed E-state index contributed by atoms with van der Waals surface area (Å²) >= 11 is 0. The Labute approximate surface area is 143 Å². The van der Waals surface area contributed by atoms with E-state index in [9.17, 15) is 9.59 Å². The Morgan fingerprint density at radius 2 is 1.46 bits per heavy atom. The van der Waals surface area contributed by atoms with Gasteiger partial charge in [-0.3, -0.25) is 0 Å². The molecule has 0 aliphatic heterocycles. The van der Waals surface area contributed by atoms with Crippen LogP contribution >= 0.6 is 0 Å². The molecule has 0 aromatic heterocycles. The monoisotopic (exact) mass is 361 g/mol. The summed E-state index contributed by atoms with van der Waals surface area (Å²) in [6.07, 6.45) is 1.84. The highest BCUT2D eigenvalue weighted by Gasteiger charge is 2.39. The highest BCUT2D eigenvalue weighted by Crippen LogP contribution is 2.24. The van der Waals surface area contributed by atoms with Gasteiger partial charge >= 0.3 is 20.9 Å². The van der Waals surface area contributed by atoms with Crippen molar-refractivity contribution in [2.24, 2.45) is 0 Å². The molecule has 0 atom stereocenters. The van der Waals surface area contributed by atoms with E-state index in [0.29, 0.717) is 31.3 Å². The van der Waals surface area contributed by atoms with E-state index in [4.69, 9.17) is 22.8 Å². The van der Waals surface area contributed by atoms with Crippen LogP contribution in [0.1, 0.15) is 32.6 Å². The van der Waals surface area contributed by atoms with Crippen LogP contribution in [0.2, 0.25) is 0 Å². The van der Waals surface area contributed by atoms with Crippen LogP contribution in [-0.4, -0.2) is 60.6 Å². The molecule has 138 valence electrons. The number of ether oxygens (including phenoxy) is 2. The van der Waals surface area contributed by atoms with E-state index in [1.54, 1.807) is 6.92 Å². The first kappa shape index (κ1) is 20.6. The zero-order valence-electron chi connectivity index (χ0n) is 14.8. The van der Waals surface area contributed by atoms with Crippen molar-refractivity contribution in [2.45, 2.75) is 44.8 Å². The standard InChI is InChI=1S/C15H27NO7Si/c1-11(2)14(17)22-12-6-8-13(9-7-12)23-15(18)16-10-24(19-3,20-4)21-5/h12-13H,1,6-10H2,2-5H3,(H,16,18). The quantitative estimate of drug-likeness (QED) is 0.398. The third kappa shape index (κ3) is 6.23. The SMILES string of the molecule is C=C(C)C(=O)OC1CCC(OC(=O)NC[Si](OC)(OC)OC)CC1. The van der Waals surface area contributed by atoms with Crippen molar-refractivity contribution in [3.05, 3.63) is 12.2 Å². The molecule has 0 saturated heterocycles. The van der Waals surface area contributed by atoms with Gasteiger partial charge < -0.3 is 28.1 Å². The van der Waals surface area contributed by atoms with Crippen molar-refractivity contribution in [1.82, 2.24) is 5.32 Å². The zero-order valence-corrected chi connectivity index (χ0v) is 15.8. The maximum absolute atomic E-state index is 11.9. The first-order valence-electron chi connectivity index (χ1n) is 7.82. The number of hydrogen-bond acceptors (Lipinski definition) is 7. The lowest BCUT2D eigenvalue weighted by atomic mass is 9.95. The average Bonchev–Trinajstić information content (AvgIpc) is 2.58. The smallest absolute Gasteiger partial charge is 0.459 e. The third-order valence-electron chi connectivity index (χ3n) is 3.90. The maximum Gasteiger partial charge on any atom is 0.520 e. The Kier molecular flexibility index (Phi) is 8.40. The van der Waals surface area contributed by atoms with Gasteiger partial charge in [-0.1, -0.05) is 6.58 Å². The van der Waals surface area contributed by atoms with Crippen LogP contribution in [0.4, 0.5) is 4.79 Å². The van der Waals surface area contributed by atoms with Crippen molar-refractivity contribution >= 4 is 20.9 Å². The number of esters is 1. The van der Waals surface area contributed by atoms with E-state index in [2.05, 4.69) is 11.9 Å². The molecule has 1 fully saturated rings. The van der Waals surface area contributed by atoms with Crippen LogP contribution in [-0.2, 0) is 27.5 Å². The lowest BCUT2D eigenvalue weighted by Gasteiger charge is -2.29. The second-order valence-electron chi connectivity index (χ2n) is 5.64. The molecule has 8 nitrogen and oxygen atoms in total. The molecule has 0 bridgehead atoms. The third-order valence-corrected chi connectivity index (χ3v) is 6.38. The molecule has 0 spiro atoms. The summed E-state index contributed by atoms with van der Waals surface area (Å²) in [6, 6.07) is 0. The van der Waals surface area contributed by atoms with Crippen LogP contribution in [0.15, 0.2) is 12.2 Å². The molecular formula is C15H27NO7Si. The minimum absolute atomic E-state index is 0.126. The first-order valence-corrected chi connectivity index (χ1v) is 9.75. The van der Waals surface area contributed by atoms with Gasteiger partial charge in [0.15, 0.2) is 0 Å². The number of alkyl carbamates (subject to hydrolysis) is 1. The van der Waals surface area contributed by atoms with Gasteiger partial charge in [-0.2, -0.15) is 0 Å². The molecule has 1 amide bonds. The molecule has 0 radical (unpaired) electrons. The molecule has 9 heteroatoms. The molecule has 1 saturated carbocycles. The molecule has 1 aliphatic carbocycles. The second kappa shape index (κ2) is 9.77. The predicted molar refractivity (Wildman–Crippen MR) is 88.2 cm³/mol. The van der Waals surface area contributed by atoms with E-state index in [1.807, 2.05) is 0 Å². The number of hydrogen-bond donors (Lipinski definition) is 1. The van der Waals surface area contributed by atoms with Crippen molar-refractivity contribution in [1.29, 1.82) is 0 Å². The Balaban J connectivity index is 2.32. The molecule has 1 N–H and O–H groups in total. The Bertz CT molecular complexity index is 437. The Morgan fingerprint density at radius 3 is 1.88 bits per heavy atom. The minimum Gasteiger partial charge on any atom is -0.459 e. The molecule has 0 aromatic rings. The van der Waals surface area contributed by atoms with Crippen molar-refractivity contribution in [3.63, 3.8) is 0 Å². The number of carbonyl (C=O) groups is 2. The number of carbonyl (C=O) groups excluding carboxylic acids is 2. The summed E-state index contributed by atoms with van der Waals surface area (Å²) in [4.78, 5) is 23.4. The van der Waals surface area contributed by atoms with Crippen molar-refractivity contribution < 1.29 is 32.3 Å². The fraction of sp³-hybridized carbons (Fsp3) is 0.733. The van der Waals surface area contributed by atoms with Crippen LogP contribution < -0.4 is 5.32 Å². The van der Waals surface area contributed by atoms with Gasteiger partial charge in [0.25, 0.3) is 0 Å². The van der Waals surface area contributed by atoms with Gasteiger partial charge in [-0.05, 0) is 32.6 Å². The van der Waals surface area contributed by atoms with E-state index >= 15 is 0 Å². The molecule has 0 unspecified atom stereocenters. The average molecular weight is 361 g/mol. The van der Waals surface area contributed by atoms with Crippen LogP contribution in [0.3, 0.4) is 0 Å². The summed E-state index contributed by atoms with van der Waals surface area (Å²) in [6.45, 7) is 5.17. The maximum atomic E-state index is 11.9. The second-order valence-corrected chi connectivity index (χ2v) is 8.58. The van der Waals surface area contributed by atoms with E-state index in [1.165, 1.54) is 21.3 Å². The fourth-order valence-corrected chi connectivity index (χ4v) is 3.65. The van der Waals surface area contributed by atoms with Gasteiger partial charge in [0.05, 0.1) is 6.17 Å². The van der Waals surface area contributed by atoms with E-state index in [0.717, 1.165) is 0 Å². The topological polar surface area (TPSA) is 92.3 Å². The normalized spacial score (nSPS) is 21.0. The zero-order chi connectivity index (χ0) is 18.2. The van der Waals surface area contributed by atoms with Gasteiger partial charge in [-0.15, -0.1) is 0 Å². The van der Waals surface area contributed by atoms with Crippen LogP contribution in [0.5, 0.6) is 0 Å². The molecule has 1 aliphatic rings. The first-order chi connectivity index (χ1) is 11.4. The lowest BCUT2D eigenvalue weighted by Crippen LogP contribution is -2.53. The lowest BCUT2D eigenvalue weighted by molar-refractivity contribution is -0.146. The minimum atomic E-state index is -2.86. The number of amides is 1. The Morgan fingerprint density at radius 1 is 1.00 bits per heavy atom. The van der Waals surface area contributed by atoms with Gasteiger partial charge in [0.1, 0.15) is 12.2 Å². The molecular weight excluding hydrogens is 334 g/mol. The molecule has 0 aromatic carbocycles. The molecule has 24 heavy (non-hydrogen) atoms. The van der Waals surface area contributed by atoms with Gasteiger partial charge in [-0.25, -0.2) is 9.59 Å². The van der Waals surface area contributed by atoms with Gasteiger partial charge in [0, 0.05) is 26.9 Å². The summed E-state index contributed by atoms with van der Waals surface area (Å²) in [5.41, 5.74) is 0.384. The fourth-order valence-electron chi connectivity index (χ4n) is 2.36. The van der Waals surface area contributed by atoms with Crippen LogP contribution in [0, 0.1) is 0 Å². The molecule has 1 rings (SSSR count). The van der Waals surface area contributed by atoms with E-state index in [-0.39, 0.29) is 24.3 Å². The Hall–Kier alpha value is -1.42. The highest BCUT2D eigenvalue weighted by molar-refractivity contribution is 6.61. The summed E-state index contributed by atoms with van der Waals surface area (Å²) in [7, 11) is 1.55. The number of nitrogens with one attached hydrogen (secondary N) is 1. The number of rotatable bonds is 8.